The number of rotatable bonds is 3. The van der Waals surface area contributed by atoms with Crippen molar-refractivity contribution in [2.24, 2.45) is 5.73 Å². The summed E-state index contributed by atoms with van der Waals surface area (Å²) in [4.78, 5) is 8.84. The van der Waals surface area contributed by atoms with Crippen molar-refractivity contribution >= 4 is 27.3 Å². The predicted octanol–water partition coefficient (Wildman–Crippen LogP) is 4.09. The molecule has 100 valence electrons. The minimum Gasteiger partial charge on any atom is -0.326 e. The van der Waals surface area contributed by atoms with Crippen LogP contribution in [0.25, 0.3) is 21.8 Å². The normalized spacial score (nSPS) is 10.7. The fraction of sp³-hybridized carbons (Fsp3) is 0.0667. The Labute approximate surface area is 129 Å². The van der Waals surface area contributed by atoms with Crippen molar-refractivity contribution in [1.29, 1.82) is 0 Å². The zero-order valence-electron chi connectivity index (χ0n) is 10.6. The van der Waals surface area contributed by atoms with Gasteiger partial charge >= 0.3 is 0 Å². The molecule has 0 radical (unpaired) electrons. The first-order valence-electron chi connectivity index (χ1n) is 6.12. The molecule has 0 amide bonds. The van der Waals surface area contributed by atoms with Crippen LogP contribution in [0.5, 0.6) is 0 Å². The third-order valence-corrected chi connectivity index (χ3v) is 4.27. The van der Waals surface area contributed by atoms with Crippen molar-refractivity contribution in [2.75, 3.05) is 0 Å². The molecule has 0 aliphatic heterocycles. The molecular formula is C15H12BrN3S. The molecule has 2 N–H and O–H groups in total. The summed E-state index contributed by atoms with van der Waals surface area (Å²) in [5.74, 6) is 0. The van der Waals surface area contributed by atoms with Crippen LogP contribution in [0.1, 0.15) is 5.56 Å². The number of nitrogens with two attached hydrogens (primary N) is 1. The van der Waals surface area contributed by atoms with Crippen molar-refractivity contribution in [3.05, 3.63) is 58.1 Å². The Bertz CT molecular complexity index is 722. The van der Waals surface area contributed by atoms with E-state index in [1.165, 1.54) is 0 Å². The fourth-order valence-electron chi connectivity index (χ4n) is 1.88. The molecule has 0 unspecified atom stereocenters. The highest BCUT2D eigenvalue weighted by Crippen LogP contribution is 2.29. The van der Waals surface area contributed by atoms with Gasteiger partial charge in [-0.3, -0.25) is 4.98 Å². The molecule has 2 heterocycles. The summed E-state index contributed by atoms with van der Waals surface area (Å²) >= 11 is 5.05. The first-order valence-corrected chi connectivity index (χ1v) is 7.79. The molecule has 0 aliphatic rings. The second-order valence-corrected chi connectivity index (χ2v) is 6.10. The highest BCUT2D eigenvalue weighted by molar-refractivity contribution is 9.10. The van der Waals surface area contributed by atoms with Crippen LogP contribution in [-0.2, 0) is 6.54 Å². The van der Waals surface area contributed by atoms with Crippen molar-refractivity contribution < 1.29 is 0 Å². The molecule has 0 spiro atoms. The molecule has 3 aromatic rings. The van der Waals surface area contributed by atoms with Crippen molar-refractivity contribution in [2.45, 2.75) is 6.54 Å². The average molecular weight is 346 g/mol. The zero-order chi connectivity index (χ0) is 13.9. The first-order chi connectivity index (χ1) is 9.76. The molecule has 0 saturated heterocycles. The lowest BCUT2D eigenvalue weighted by Crippen LogP contribution is -1.95. The number of benzene rings is 1. The van der Waals surface area contributed by atoms with E-state index in [0.717, 1.165) is 31.9 Å². The van der Waals surface area contributed by atoms with Crippen LogP contribution < -0.4 is 5.73 Å². The van der Waals surface area contributed by atoms with E-state index in [-0.39, 0.29) is 0 Å². The lowest BCUT2D eigenvalue weighted by atomic mass is 10.1. The van der Waals surface area contributed by atoms with Crippen LogP contribution in [0.3, 0.4) is 0 Å². The van der Waals surface area contributed by atoms with Gasteiger partial charge in [-0.1, -0.05) is 24.3 Å². The summed E-state index contributed by atoms with van der Waals surface area (Å²) in [5, 5.41) is 3.03. The molecule has 1 aromatic carbocycles. The lowest BCUT2D eigenvalue weighted by molar-refractivity contribution is 1.07. The number of thiazole rings is 1. The number of pyridine rings is 1. The summed E-state index contributed by atoms with van der Waals surface area (Å²) in [5.41, 5.74) is 9.84. The molecule has 0 aliphatic carbocycles. The van der Waals surface area contributed by atoms with Gasteiger partial charge in [0.05, 0.1) is 5.69 Å². The first kappa shape index (κ1) is 13.4. The van der Waals surface area contributed by atoms with Crippen LogP contribution in [-0.4, -0.2) is 9.97 Å². The topological polar surface area (TPSA) is 51.8 Å². The third-order valence-electron chi connectivity index (χ3n) is 2.94. The molecule has 0 bridgehead atoms. The van der Waals surface area contributed by atoms with Gasteiger partial charge < -0.3 is 5.73 Å². The van der Waals surface area contributed by atoms with Gasteiger partial charge in [0.1, 0.15) is 5.01 Å². The maximum absolute atomic E-state index is 5.61. The quantitative estimate of drug-likeness (QED) is 0.777. The van der Waals surface area contributed by atoms with Gasteiger partial charge in [-0.25, -0.2) is 4.98 Å². The Kier molecular flexibility index (Phi) is 3.91. The van der Waals surface area contributed by atoms with Crippen LogP contribution in [0.15, 0.2) is 52.6 Å². The number of hydrogen-bond acceptors (Lipinski definition) is 4. The van der Waals surface area contributed by atoms with Crippen LogP contribution >= 0.6 is 27.3 Å². The maximum Gasteiger partial charge on any atom is 0.125 e. The van der Waals surface area contributed by atoms with E-state index in [0.29, 0.717) is 6.54 Å². The number of hydrogen-bond donors (Lipinski definition) is 1. The Morgan fingerprint density at radius 3 is 2.60 bits per heavy atom. The molecular weight excluding hydrogens is 334 g/mol. The number of aromatic nitrogens is 2. The second-order valence-electron chi connectivity index (χ2n) is 4.33. The maximum atomic E-state index is 5.61. The Morgan fingerprint density at radius 2 is 1.90 bits per heavy atom. The van der Waals surface area contributed by atoms with E-state index in [1.807, 2.05) is 24.4 Å². The Hall–Kier alpha value is -1.56. The van der Waals surface area contributed by atoms with E-state index in [2.05, 4.69) is 43.4 Å². The zero-order valence-corrected chi connectivity index (χ0v) is 13.0. The SMILES string of the molecule is NCc1ccc(-c2csc(-c3cncc(Br)c3)n2)cc1. The monoisotopic (exact) mass is 345 g/mol. The molecule has 5 heteroatoms. The predicted molar refractivity (Wildman–Crippen MR) is 86.4 cm³/mol. The Morgan fingerprint density at radius 1 is 1.10 bits per heavy atom. The van der Waals surface area contributed by atoms with Crippen LogP contribution in [0.2, 0.25) is 0 Å². The number of halogens is 1. The number of nitrogens with zero attached hydrogens (tertiary/aromatic N) is 2. The molecule has 0 saturated carbocycles. The molecule has 3 rings (SSSR count). The van der Waals surface area contributed by atoms with Gasteiger partial charge in [0.15, 0.2) is 0 Å². The Balaban J connectivity index is 1.93. The van der Waals surface area contributed by atoms with E-state index in [4.69, 9.17) is 5.73 Å². The summed E-state index contributed by atoms with van der Waals surface area (Å²) in [6.07, 6.45) is 3.59. The van der Waals surface area contributed by atoms with Crippen molar-refractivity contribution in [1.82, 2.24) is 9.97 Å². The van der Waals surface area contributed by atoms with E-state index >= 15 is 0 Å². The van der Waals surface area contributed by atoms with E-state index in [9.17, 15) is 0 Å². The minimum atomic E-state index is 0.562. The second kappa shape index (κ2) is 5.83. The van der Waals surface area contributed by atoms with Gasteiger partial charge in [-0.2, -0.15) is 0 Å². The van der Waals surface area contributed by atoms with Gasteiger partial charge in [-0.05, 0) is 27.6 Å². The molecule has 0 atom stereocenters. The van der Waals surface area contributed by atoms with Gasteiger partial charge in [0.2, 0.25) is 0 Å². The highest BCUT2D eigenvalue weighted by Gasteiger charge is 2.07. The summed E-state index contributed by atoms with van der Waals surface area (Å²) < 4.78 is 0.957. The lowest BCUT2D eigenvalue weighted by Gasteiger charge is -1.99. The van der Waals surface area contributed by atoms with E-state index < -0.39 is 0 Å². The minimum absolute atomic E-state index is 0.562. The molecule has 20 heavy (non-hydrogen) atoms. The molecule has 2 aromatic heterocycles. The van der Waals surface area contributed by atoms with Crippen LogP contribution in [0.4, 0.5) is 0 Å². The van der Waals surface area contributed by atoms with Gasteiger partial charge in [0.25, 0.3) is 0 Å². The average Bonchev–Trinajstić information content (AvgIpc) is 2.97. The standard InChI is InChI=1S/C15H12BrN3S/c16-13-5-12(7-18-8-13)15-19-14(9-20-15)11-3-1-10(6-17)2-4-11/h1-5,7-9H,6,17H2. The highest BCUT2D eigenvalue weighted by atomic mass is 79.9. The van der Waals surface area contributed by atoms with E-state index in [1.54, 1.807) is 17.5 Å². The summed E-state index contributed by atoms with van der Waals surface area (Å²) in [6, 6.07) is 10.2. The summed E-state index contributed by atoms with van der Waals surface area (Å²) in [7, 11) is 0. The molecule has 3 nitrogen and oxygen atoms in total. The third kappa shape index (κ3) is 2.80. The van der Waals surface area contributed by atoms with Crippen molar-refractivity contribution in [3.8, 4) is 21.8 Å². The largest absolute Gasteiger partial charge is 0.326 e. The van der Waals surface area contributed by atoms with Gasteiger partial charge in [-0.15, -0.1) is 11.3 Å². The summed E-state index contributed by atoms with van der Waals surface area (Å²) in [6.45, 7) is 0.562. The molecule has 0 fully saturated rings. The van der Waals surface area contributed by atoms with Crippen LogP contribution in [0, 0.1) is 0 Å². The fourth-order valence-corrected chi connectivity index (χ4v) is 3.05. The smallest absolute Gasteiger partial charge is 0.125 e. The van der Waals surface area contributed by atoms with Gasteiger partial charge in [0, 0.05) is 39.9 Å². The van der Waals surface area contributed by atoms with Crippen molar-refractivity contribution in [3.63, 3.8) is 0 Å².